The maximum Gasteiger partial charge on any atom is 0.335 e. The molecule has 3 heteroatoms. The third-order valence-electron chi connectivity index (χ3n) is 4.31. The fourth-order valence-electron chi connectivity index (χ4n) is 3.03. The summed E-state index contributed by atoms with van der Waals surface area (Å²) >= 11 is 0. The van der Waals surface area contributed by atoms with Crippen LogP contribution in [0.5, 0.6) is 0 Å². The lowest BCUT2D eigenvalue weighted by atomic mass is 9.86. The van der Waals surface area contributed by atoms with Crippen LogP contribution in [0.3, 0.4) is 0 Å². The number of carboxylic acids is 1. The number of likely N-dealkylation sites (tertiary alicyclic amines) is 1. The molecule has 0 saturated carbocycles. The number of carbonyl (C=O) groups is 1. The van der Waals surface area contributed by atoms with E-state index in [2.05, 4.69) is 25.7 Å². The highest BCUT2D eigenvalue weighted by molar-refractivity contribution is 5.87. The Morgan fingerprint density at radius 2 is 1.89 bits per heavy atom. The molecule has 1 saturated heterocycles. The first-order valence-electron chi connectivity index (χ1n) is 7.03. The van der Waals surface area contributed by atoms with E-state index in [9.17, 15) is 4.79 Å². The van der Waals surface area contributed by atoms with Gasteiger partial charge in [0.15, 0.2) is 0 Å². The maximum atomic E-state index is 10.8. The quantitative estimate of drug-likeness (QED) is 0.908. The summed E-state index contributed by atoms with van der Waals surface area (Å²) in [6, 6.07) is 7.84. The second kappa shape index (κ2) is 5.74. The van der Waals surface area contributed by atoms with Crippen LogP contribution in [0.25, 0.3) is 0 Å². The molecule has 3 nitrogen and oxygen atoms in total. The predicted octanol–water partition coefficient (Wildman–Crippen LogP) is 3.25. The van der Waals surface area contributed by atoms with E-state index in [1.54, 1.807) is 12.1 Å². The summed E-state index contributed by atoms with van der Waals surface area (Å²) in [5.74, 6) is 0.603. The number of benzene rings is 1. The van der Waals surface area contributed by atoms with Gasteiger partial charge in [-0.15, -0.1) is 0 Å². The summed E-state index contributed by atoms with van der Waals surface area (Å²) in [5, 5.41) is 8.90. The molecule has 2 rings (SSSR count). The van der Waals surface area contributed by atoms with Gasteiger partial charge in [0.2, 0.25) is 0 Å². The minimum atomic E-state index is -0.861. The van der Waals surface area contributed by atoms with Gasteiger partial charge in [-0.3, -0.25) is 4.90 Å². The number of nitrogens with zero attached hydrogens (tertiary/aromatic N) is 1. The third-order valence-corrected chi connectivity index (χ3v) is 4.31. The highest BCUT2D eigenvalue weighted by Crippen LogP contribution is 2.28. The Morgan fingerprint density at radius 1 is 1.26 bits per heavy atom. The molecular formula is C16H23NO2. The molecule has 0 aromatic heterocycles. The smallest absolute Gasteiger partial charge is 0.335 e. The molecule has 0 aliphatic carbocycles. The Morgan fingerprint density at radius 3 is 2.47 bits per heavy atom. The molecule has 3 unspecified atom stereocenters. The topological polar surface area (TPSA) is 40.5 Å². The molecule has 1 aliphatic heterocycles. The van der Waals surface area contributed by atoms with Gasteiger partial charge < -0.3 is 5.11 Å². The Bertz CT molecular complexity index is 441. The standard InChI is InChI=1S/C16H23NO2/c1-11-8-12(2)13(3)17(9-11)10-14-4-6-15(7-5-14)16(18)19/h4-7,11-13H,8-10H2,1-3H3,(H,18,19). The van der Waals surface area contributed by atoms with Crippen molar-refractivity contribution in [3.05, 3.63) is 35.4 Å². The van der Waals surface area contributed by atoms with Crippen LogP contribution in [0.2, 0.25) is 0 Å². The fourth-order valence-corrected chi connectivity index (χ4v) is 3.03. The van der Waals surface area contributed by atoms with Crippen LogP contribution in [0.1, 0.15) is 43.1 Å². The lowest BCUT2D eigenvalue weighted by Crippen LogP contribution is -2.45. The summed E-state index contributed by atoms with van der Waals surface area (Å²) in [4.78, 5) is 13.3. The van der Waals surface area contributed by atoms with Gasteiger partial charge in [-0.1, -0.05) is 26.0 Å². The van der Waals surface area contributed by atoms with Crippen LogP contribution >= 0.6 is 0 Å². The first-order valence-corrected chi connectivity index (χ1v) is 7.03. The van der Waals surface area contributed by atoms with Gasteiger partial charge in [-0.2, -0.15) is 0 Å². The average molecular weight is 261 g/mol. The molecule has 1 aromatic rings. The van der Waals surface area contributed by atoms with Gasteiger partial charge >= 0.3 is 5.97 Å². The minimum absolute atomic E-state index is 0.358. The average Bonchev–Trinajstić information content (AvgIpc) is 2.36. The zero-order valence-corrected chi connectivity index (χ0v) is 12.0. The monoisotopic (exact) mass is 261 g/mol. The van der Waals surface area contributed by atoms with E-state index < -0.39 is 5.97 Å². The van der Waals surface area contributed by atoms with E-state index in [1.807, 2.05) is 12.1 Å². The van der Waals surface area contributed by atoms with Crippen molar-refractivity contribution in [2.75, 3.05) is 6.54 Å². The van der Waals surface area contributed by atoms with Crippen LogP contribution in [0.4, 0.5) is 0 Å². The molecule has 0 bridgehead atoms. The second-order valence-corrected chi connectivity index (χ2v) is 5.99. The van der Waals surface area contributed by atoms with Gasteiger partial charge in [0.25, 0.3) is 0 Å². The molecule has 0 amide bonds. The first kappa shape index (κ1) is 14.1. The van der Waals surface area contributed by atoms with Gasteiger partial charge in [0.1, 0.15) is 0 Å². The molecule has 0 radical (unpaired) electrons. The van der Waals surface area contributed by atoms with Crippen LogP contribution in [0.15, 0.2) is 24.3 Å². The summed E-state index contributed by atoms with van der Waals surface area (Å²) in [6.45, 7) is 8.97. The van der Waals surface area contributed by atoms with Gasteiger partial charge in [0, 0.05) is 19.1 Å². The van der Waals surface area contributed by atoms with Crippen LogP contribution in [-0.4, -0.2) is 28.6 Å². The van der Waals surface area contributed by atoms with E-state index in [1.165, 1.54) is 12.0 Å². The molecule has 1 fully saturated rings. The van der Waals surface area contributed by atoms with Crippen LogP contribution < -0.4 is 0 Å². The molecule has 104 valence electrons. The minimum Gasteiger partial charge on any atom is -0.478 e. The zero-order valence-electron chi connectivity index (χ0n) is 12.0. The van der Waals surface area contributed by atoms with Crippen molar-refractivity contribution in [2.45, 2.75) is 39.8 Å². The molecule has 3 atom stereocenters. The molecule has 1 heterocycles. The van der Waals surface area contributed by atoms with Crippen molar-refractivity contribution in [1.29, 1.82) is 0 Å². The summed E-state index contributed by atoms with van der Waals surface area (Å²) in [7, 11) is 0. The molecule has 1 aliphatic rings. The number of aromatic carboxylic acids is 1. The van der Waals surface area contributed by atoms with Gasteiger partial charge in [-0.05, 0) is 42.9 Å². The Hall–Kier alpha value is -1.35. The van der Waals surface area contributed by atoms with Crippen molar-refractivity contribution in [2.24, 2.45) is 11.8 Å². The number of piperidine rings is 1. The zero-order chi connectivity index (χ0) is 14.0. The van der Waals surface area contributed by atoms with Crippen LogP contribution in [-0.2, 0) is 6.54 Å². The number of hydrogen-bond donors (Lipinski definition) is 1. The van der Waals surface area contributed by atoms with Crippen molar-refractivity contribution in [3.8, 4) is 0 Å². The fraction of sp³-hybridized carbons (Fsp3) is 0.562. The van der Waals surface area contributed by atoms with Crippen LogP contribution in [0, 0.1) is 11.8 Å². The predicted molar refractivity (Wildman–Crippen MR) is 76.2 cm³/mol. The maximum absolute atomic E-state index is 10.8. The highest BCUT2D eigenvalue weighted by Gasteiger charge is 2.28. The number of carboxylic acid groups (broad SMARTS) is 1. The first-order chi connectivity index (χ1) is 8.97. The van der Waals surface area contributed by atoms with E-state index in [0.29, 0.717) is 11.6 Å². The van der Waals surface area contributed by atoms with Gasteiger partial charge in [0.05, 0.1) is 5.56 Å². The summed E-state index contributed by atoms with van der Waals surface area (Å²) in [6.07, 6.45) is 1.30. The SMILES string of the molecule is CC1CC(C)C(C)N(Cc2ccc(C(=O)O)cc2)C1. The highest BCUT2D eigenvalue weighted by atomic mass is 16.4. The molecule has 19 heavy (non-hydrogen) atoms. The molecular weight excluding hydrogens is 238 g/mol. The van der Waals surface area contributed by atoms with E-state index in [0.717, 1.165) is 24.9 Å². The van der Waals surface area contributed by atoms with Gasteiger partial charge in [-0.25, -0.2) is 4.79 Å². The lowest BCUT2D eigenvalue weighted by molar-refractivity contribution is 0.0696. The van der Waals surface area contributed by atoms with E-state index >= 15 is 0 Å². The molecule has 1 aromatic carbocycles. The third kappa shape index (κ3) is 3.35. The number of hydrogen-bond acceptors (Lipinski definition) is 2. The Balaban J connectivity index is 2.05. The van der Waals surface area contributed by atoms with Crippen molar-refractivity contribution in [1.82, 2.24) is 4.90 Å². The largest absolute Gasteiger partial charge is 0.478 e. The second-order valence-electron chi connectivity index (χ2n) is 5.99. The van der Waals surface area contributed by atoms with E-state index in [4.69, 9.17) is 5.11 Å². The Kier molecular flexibility index (Phi) is 4.25. The van der Waals surface area contributed by atoms with Crippen molar-refractivity contribution < 1.29 is 9.90 Å². The number of rotatable bonds is 3. The van der Waals surface area contributed by atoms with E-state index in [-0.39, 0.29) is 0 Å². The summed E-state index contributed by atoms with van der Waals surface area (Å²) in [5.41, 5.74) is 1.55. The molecule has 1 N–H and O–H groups in total. The Labute approximate surface area is 115 Å². The lowest BCUT2D eigenvalue weighted by Gasteiger charge is -2.41. The van der Waals surface area contributed by atoms with Crippen molar-refractivity contribution in [3.63, 3.8) is 0 Å². The normalized spacial score (nSPS) is 28.3. The van der Waals surface area contributed by atoms with Crippen molar-refractivity contribution >= 4 is 5.97 Å². The summed E-state index contributed by atoms with van der Waals surface area (Å²) < 4.78 is 0. The molecule has 0 spiro atoms.